The van der Waals surface area contributed by atoms with E-state index in [0.29, 0.717) is 23.5 Å². The standard InChI is InChI=1S/C28H34F3NO3/c1-16-6-4-7-17(14-16)35-24-19-8-5-9-20(28(29,30)31)18(19)10-11-21(24)27(12-13-27)32-23-15-22(25(33)34)26(23,2)3/h5,8-11,16-17,22-23,32H,4,6-7,12-15H2,1-3H3,(H,33,34). The summed E-state index contributed by atoms with van der Waals surface area (Å²) in [5, 5.41) is 13.9. The molecule has 5 rings (SSSR count). The zero-order valence-corrected chi connectivity index (χ0v) is 20.5. The molecule has 2 aromatic carbocycles. The summed E-state index contributed by atoms with van der Waals surface area (Å²) in [6.45, 7) is 6.14. The van der Waals surface area contributed by atoms with Gasteiger partial charge in [-0.1, -0.05) is 51.5 Å². The quantitative estimate of drug-likeness (QED) is 0.464. The van der Waals surface area contributed by atoms with Crippen LogP contribution in [0.2, 0.25) is 0 Å². The summed E-state index contributed by atoms with van der Waals surface area (Å²) in [6, 6.07) is 7.73. The van der Waals surface area contributed by atoms with Gasteiger partial charge in [0.1, 0.15) is 5.75 Å². The van der Waals surface area contributed by atoms with Crippen molar-refractivity contribution in [3.63, 3.8) is 0 Å². The number of ether oxygens (including phenoxy) is 1. The van der Waals surface area contributed by atoms with Gasteiger partial charge in [0.15, 0.2) is 0 Å². The Morgan fingerprint density at radius 2 is 1.83 bits per heavy atom. The fraction of sp³-hybridized carbons (Fsp3) is 0.607. The molecule has 0 saturated heterocycles. The molecule has 0 amide bonds. The van der Waals surface area contributed by atoms with Crippen molar-refractivity contribution in [2.75, 3.05) is 0 Å². The summed E-state index contributed by atoms with van der Waals surface area (Å²) in [7, 11) is 0. The van der Waals surface area contributed by atoms with E-state index in [2.05, 4.69) is 12.2 Å². The SMILES string of the molecule is CC1CCCC(Oc2c(C3(NC4CC(C(=O)O)C4(C)C)CC3)ccc3c(C(F)(F)F)cccc23)C1. The normalized spacial score (nSPS) is 29.4. The van der Waals surface area contributed by atoms with Gasteiger partial charge in [-0.3, -0.25) is 4.79 Å². The molecule has 2 aromatic rings. The van der Waals surface area contributed by atoms with E-state index in [9.17, 15) is 23.1 Å². The highest BCUT2D eigenvalue weighted by atomic mass is 19.4. The molecule has 0 radical (unpaired) electrons. The molecule has 0 aromatic heterocycles. The van der Waals surface area contributed by atoms with E-state index in [-0.39, 0.29) is 17.5 Å². The maximum atomic E-state index is 13.8. The number of alkyl halides is 3. The maximum absolute atomic E-state index is 13.8. The van der Waals surface area contributed by atoms with Gasteiger partial charge >= 0.3 is 12.1 Å². The number of aliphatic carboxylic acids is 1. The Kier molecular flexibility index (Phi) is 5.86. The molecule has 2 N–H and O–H groups in total. The topological polar surface area (TPSA) is 58.6 Å². The largest absolute Gasteiger partial charge is 0.489 e. The molecule has 7 heteroatoms. The molecule has 0 heterocycles. The van der Waals surface area contributed by atoms with Gasteiger partial charge in [0.2, 0.25) is 0 Å². The van der Waals surface area contributed by atoms with Gasteiger partial charge in [-0.15, -0.1) is 0 Å². The minimum atomic E-state index is -4.45. The number of halogens is 3. The molecular weight excluding hydrogens is 455 g/mol. The smallest absolute Gasteiger partial charge is 0.417 e. The van der Waals surface area contributed by atoms with Crippen LogP contribution < -0.4 is 10.1 Å². The average molecular weight is 490 g/mol. The molecule has 0 spiro atoms. The van der Waals surface area contributed by atoms with Crippen molar-refractivity contribution in [1.82, 2.24) is 5.32 Å². The van der Waals surface area contributed by atoms with Crippen LogP contribution in [0.1, 0.15) is 76.8 Å². The van der Waals surface area contributed by atoms with Gasteiger partial charge in [-0.05, 0) is 61.3 Å². The first-order valence-corrected chi connectivity index (χ1v) is 12.7. The van der Waals surface area contributed by atoms with E-state index in [1.165, 1.54) is 6.07 Å². The number of carboxylic acid groups (broad SMARTS) is 1. The Morgan fingerprint density at radius 3 is 2.43 bits per heavy atom. The van der Waals surface area contributed by atoms with Gasteiger partial charge in [0.05, 0.1) is 17.6 Å². The average Bonchev–Trinajstić information content (AvgIpc) is 3.56. The van der Waals surface area contributed by atoms with E-state index in [4.69, 9.17) is 4.74 Å². The van der Waals surface area contributed by atoms with Crippen LogP contribution >= 0.6 is 0 Å². The van der Waals surface area contributed by atoms with Crippen LogP contribution in [-0.2, 0) is 16.5 Å². The molecule has 3 saturated carbocycles. The number of nitrogens with one attached hydrogen (secondary N) is 1. The van der Waals surface area contributed by atoms with Gasteiger partial charge < -0.3 is 15.2 Å². The molecule has 3 aliphatic carbocycles. The van der Waals surface area contributed by atoms with Crippen molar-refractivity contribution in [1.29, 1.82) is 0 Å². The van der Waals surface area contributed by atoms with Crippen molar-refractivity contribution in [3.05, 3.63) is 41.5 Å². The highest BCUT2D eigenvalue weighted by molar-refractivity contribution is 5.93. The fourth-order valence-electron chi connectivity index (χ4n) is 6.27. The number of hydrogen-bond donors (Lipinski definition) is 2. The lowest BCUT2D eigenvalue weighted by atomic mass is 9.58. The minimum absolute atomic E-state index is 0.0193. The Labute approximate surface area is 204 Å². The summed E-state index contributed by atoms with van der Waals surface area (Å²) in [5.41, 5.74) is -0.548. The first-order chi connectivity index (χ1) is 16.4. The first-order valence-electron chi connectivity index (χ1n) is 12.7. The Hall–Kier alpha value is -2.28. The second kappa shape index (κ2) is 8.39. The number of carbonyl (C=O) groups is 1. The van der Waals surface area contributed by atoms with Crippen LogP contribution in [0.5, 0.6) is 5.75 Å². The van der Waals surface area contributed by atoms with Crippen molar-refractivity contribution < 1.29 is 27.8 Å². The lowest BCUT2D eigenvalue weighted by Crippen LogP contribution is -2.61. The second-order valence-corrected chi connectivity index (χ2v) is 11.6. The first kappa shape index (κ1) is 24.4. The summed E-state index contributed by atoms with van der Waals surface area (Å²) in [5.74, 6) is -0.0980. The zero-order valence-electron chi connectivity index (χ0n) is 20.5. The van der Waals surface area contributed by atoms with Crippen LogP contribution in [0.4, 0.5) is 13.2 Å². The third-order valence-corrected chi connectivity index (χ3v) is 8.77. The van der Waals surface area contributed by atoms with Gasteiger partial charge in [0.25, 0.3) is 0 Å². The predicted octanol–water partition coefficient (Wildman–Crippen LogP) is 6.89. The van der Waals surface area contributed by atoms with Crippen LogP contribution in [-0.4, -0.2) is 23.2 Å². The van der Waals surface area contributed by atoms with Crippen LogP contribution in [0, 0.1) is 17.3 Å². The molecular formula is C28H34F3NO3. The molecule has 4 nitrogen and oxygen atoms in total. The lowest BCUT2D eigenvalue weighted by Gasteiger charge is -2.51. The molecule has 190 valence electrons. The van der Waals surface area contributed by atoms with E-state index in [1.807, 2.05) is 13.8 Å². The van der Waals surface area contributed by atoms with Crippen molar-refractivity contribution in [3.8, 4) is 5.75 Å². The third kappa shape index (κ3) is 4.30. The van der Waals surface area contributed by atoms with Crippen LogP contribution in [0.25, 0.3) is 10.8 Å². The fourth-order valence-corrected chi connectivity index (χ4v) is 6.27. The van der Waals surface area contributed by atoms with E-state index in [1.54, 1.807) is 18.2 Å². The number of benzene rings is 2. The Bertz CT molecular complexity index is 1140. The molecule has 35 heavy (non-hydrogen) atoms. The number of hydrogen-bond acceptors (Lipinski definition) is 3. The number of fused-ring (bicyclic) bond motifs is 1. The number of rotatable bonds is 6. The van der Waals surface area contributed by atoms with Crippen molar-refractivity contribution >= 4 is 16.7 Å². The molecule has 3 fully saturated rings. The van der Waals surface area contributed by atoms with Crippen LogP contribution in [0.15, 0.2) is 30.3 Å². The highest BCUT2D eigenvalue weighted by Crippen LogP contribution is 2.56. The molecule has 3 aliphatic rings. The summed E-state index contributed by atoms with van der Waals surface area (Å²) >= 11 is 0. The van der Waals surface area contributed by atoms with Crippen molar-refractivity contribution in [2.24, 2.45) is 17.3 Å². The molecule has 0 bridgehead atoms. The Balaban J connectivity index is 1.55. The van der Waals surface area contributed by atoms with Gasteiger partial charge in [-0.25, -0.2) is 0 Å². The maximum Gasteiger partial charge on any atom is 0.417 e. The van der Waals surface area contributed by atoms with E-state index in [0.717, 1.165) is 50.2 Å². The van der Waals surface area contributed by atoms with Crippen molar-refractivity contribution in [2.45, 2.75) is 89.6 Å². The third-order valence-electron chi connectivity index (χ3n) is 8.77. The summed E-state index contributed by atoms with van der Waals surface area (Å²) in [6.07, 6.45) is 1.76. The van der Waals surface area contributed by atoms with E-state index < -0.39 is 34.6 Å². The Morgan fingerprint density at radius 1 is 1.09 bits per heavy atom. The zero-order chi connectivity index (χ0) is 25.2. The van der Waals surface area contributed by atoms with E-state index >= 15 is 0 Å². The second-order valence-electron chi connectivity index (χ2n) is 11.6. The molecule has 4 unspecified atom stereocenters. The lowest BCUT2D eigenvalue weighted by molar-refractivity contribution is -0.155. The molecule has 4 atom stereocenters. The highest BCUT2D eigenvalue weighted by Gasteiger charge is 2.57. The van der Waals surface area contributed by atoms with Gasteiger partial charge in [-0.2, -0.15) is 13.2 Å². The van der Waals surface area contributed by atoms with Crippen LogP contribution in [0.3, 0.4) is 0 Å². The molecule has 0 aliphatic heterocycles. The van der Waals surface area contributed by atoms with Gasteiger partial charge in [0, 0.05) is 22.5 Å². The number of carboxylic acids is 1. The summed E-state index contributed by atoms with van der Waals surface area (Å²) < 4.78 is 48.1. The summed E-state index contributed by atoms with van der Waals surface area (Å²) in [4.78, 5) is 11.6. The monoisotopic (exact) mass is 489 g/mol. The predicted molar refractivity (Wildman–Crippen MR) is 128 cm³/mol. The minimum Gasteiger partial charge on any atom is -0.489 e.